The quantitative estimate of drug-likeness (QED) is 0.679. The number of hydrogen-bond acceptors (Lipinski definition) is 3. The van der Waals surface area contributed by atoms with Crippen molar-refractivity contribution in [3.8, 4) is 11.1 Å². The third-order valence-corrected chi connectivity index (χ3v) is 4.41. The standard InChI is InChI=1S/C20H21N5O/c26-20(22-13-16-12-17-14-21-10-11-25(17)24-16)23-19-9-5-4-8-18(19)15-6-2-1-3-7-15/h1-9,12,21H,10-11,13-14H2,(H2,22,23,26). The molecule has 26 heavy (non-hydrogen) atoms. The zero-order chi connectivity index (χ0) is 17.8. The normalized spacial score (nSPS) is 13.1. The molecule has 1 aliphatic heterocycles. The average Bonchev–Trinajstić information content (AvgIpc) is 3.11. The second-order valence-electron chi connectivity index (χ2n) is 6.25. The summed E-state index contributed by atoms with van der Waals surface area (Å²) in [5, 5.41) is 13.7. The molecule has 2 amide bonds. The van der Waals surface area contributed by atoms with E-state index in [0.29, 0.717) is 6.54 Å². The van der Waals surface area contributed by atoms with Crippen molar-refractivity contribution in [1.29, 1.82) is 0 Å². The van der Waals surface area contributed by atoms with E-state index in [9.17, 15) is 4.79 Å². The molecule has 132 valence electrons. The molecule has 1 aromatic heterocycles. The Hall–Kier alpha value is -3.12. The molecule has 0 atom stereocenters. The lowest BCUT2D eigenvalue weighted by molar-refractivity contribution is 0.251. The van der Waals surface area contributed by atoms with Gasteiger partial charge in [-0.15, -0.1) is 0 Å². The lowest BCUT2D eigenvalue weighted by atomic mass is 10.0. The van der Waals surface area contributed by atoms with Crippen LogP contribution in [-0.4, -0.2) is 22.4 Å². The molecule has 6 nitrogen and oxygen atoms in total. The van der Waals surface area contributed by atoms with Crippen LogP contribution in [0.1, 0.15) is 11.4 Å². The zero-order valence-electron chi connectivity index (χ0n) is 14.4. The van der Waals surface area contributed by atoms with Gasteiger partial charge in [0.1, 0.15) is 0 Å². The molecule has 0 saturated carbocycles. The smallest absolute Gasteiger partial charge is 0.319 e. The van der Waals surface area contributed by atoms with Gasteiger partial charge in [-0.2, -0.15) is 5.10 Å². The molecule has 2 aromatic carbocycles. The zero-order valence-corrected chi connectivity index (χ0v) is 14.4. The van der Waals surface area contributed by atoms with Gasteiger partial charge in [-0.05, 0) is 17.7 Å². The minimum absolute atomic E-state index is 0.238. The molecular weight excluding hydrogens is 326 g/mol. The monoisotopic (exact) mass is 347 g/mol. The van der Waals surface area contributed by atoms with Crippen molar-refractivity contribution < 1.29 is 4.79 Å². The van der Waals surface area contributed by atoms with E-state index in [1.165, 1.54) is 0 Å². The number of nitrogens with zero attached hydrogens (tertiary/aromatic N) is 2. The number of urea groups is 1. The Morgan fingerprint density at radius 1 is 1.12 bits per heavy atom. The fraction of sp³-hybridized carbons (Fsp3) is 0.200. The maximum Gasteiger partial charge on any atom is 0.319 e. The number of para-hydroxylation sites is 1. The topological polar surface area (TPSA) is 71.0 Å². The number of anilines is 1. The molecule has 3 N–H and O–H groups in total. The summed E-state index contributed by atoms with van der Waals surface area (Å²) in [6.07, 6.45) is 0. The molecule has 0 aliphatic carbocycles. The highest BCUT2D eigenvalue weighted by Crippen LogP contribution is 2.27. The van der Waals surface area contributed by atoms with Crippen molar-refractivity contribution in [1.82, 2.24) is 20.4 Å². The van der Waals surface area contributed by atoms with Crippen LogP contribution in [-0.2, 0) is 19.6 Å². The number of fused-ring (bicyclic) bond motifs is 1. The summed E-state index contributed by atoms with van der Waals surface area (Å²) in [5.74, 6) is 0. The Balaban J connectivity index is 1.42. The molecule has 3 aromatic rings. The molecule has 0 saturated heterocycles. The number of rotatable bonds is 4. The van der Waals surface area contributed by atoms with Gasteiger partial charge in [-0.1, -0.05) is 48.5 Å². The fourth-order valence-corrected chi connectivity index (χ4v) is 3.14. The number of nitrogens with one attached hydrogen (secondary N) is 3. The van der Waals surface area contributed by atoms with E-state index < -0.39 is 0 Å². The molecule has 4 rings (SSSR count). The van der Waals surface area contributed by atoms with Crippen LogP contribution in [0.25, 0.3) is 11.1 Å². The minimum atomic E-state index is -0.238. The molecule has 0 bridgehead atoms. The van der Waals surface area contributed by atoms with Gasteiger partial charge in [0.2, 0.25) is 0 Å². The Kier molecular flexibility index (Phi) is 4.66. The number of carbonyl (C=O) groups excluding carboxylic acids is 1. The van der Waals surface area contributed by atoms with Crippen LogP contribution < -0.4 is 16.0 Å². The van der Waals surface area contributed by atoms with Gasteiger partial charge in [-0.25, -0.2) is 4.79 Å². The third kappa shape index (κ3) is 3.60. The van der Waals surface area contributed by atoms with Crippen LogP contribution in [0.2, 0.25) is 0 Å². The van der Waals surface area contributed by atoms with Gasteiger partial charge >= 0.3 is 6.03 Å². The summed E-state index contributed by atoms with van der Waals surface area (Å²) >= 11 is 0. The molecule has 0 radical (unpaired) electrons. The van der Waals surface area contributed by atoms with Crippen LogP contribution in [0, 0.1) is 0 Å². The maximum absolute atomic E-state index is 12.3. The molecule has 2 heterocycles. The highest BCUT2D eigenvalue weighted by atomic mass is 16.2. The SMILES string of the molecule is O=C(NCc1cc2n(n1)CCNC2)Nc1ccccc1-c1ccccc1. The number of hydrogen-bond donors (Lipinski definition) is 3. The first-order chi connectivity index (χ1) is 12.8. The maximum atomic E-state index is 12.3. The Bertz CT molecular complexity index is 880. The van der Waals surface area contributed by atoms with Gasteiger partial charge < -0.3 is 16.0 Å². The lowest BCUT2D eigenvalue weighted by Crippen LogP contribution is -2.29. The molecular formula is C20H21N5O. The summed E-state index contributed by atoms with van der Waals surface area (Å²) in [6, 6.07) is 19.6. The first-order valence-corrected chi connectivity index (χ1v) is 8.75. The van der Waals surface area contributed by atoms with E-state index in [2.05, 4.69) is 21.0 Å². The van der Waals surface area contributed by atoms with Crippen LogP contribution in [0.3, 0.4) is 0 Å². The van der Waals surface area contributed by atoms with Crippen LogP contribution in [0.15, 0.2) is 60.7 Å². The molecule has 1 aliphatic rings. The number of benzene rings is 2. The van der Waals surface area contributed by atoms with Crippen molar-refractivity contribution in [3.05, 3.63) is 72.1 Å². The van der Waals surface area contributed by atoms with E-state index >= 15 is 0 Å². The fourth-order valence-electron chi connectivity index (χ4n) is 3.14. The summed E-state index contributed by atoms with van der Waals surface area (Å²) < 4.78 is 2.00. The van der Waals surface area contributed by atoms with E-state index in [1.54, 1.807) is 0 Å². The Morgan fingerprint density at radius 2 is 1.92 bits per heavy atom. The highest BCUT2D eigenvalue weighted by molar-refractivity contribution is 5.94. The summed E-state index contributed by atoms with van der Waals surface area (Å²) in [5.41, 5.74) is 4.87. The van der Waals surface area contributed by atoms with Gasteiger partial charge in [-0.3, -0.25) is 4.68 Å². The van der Waals surface area contributed by atoms with E-state index in [1.807, 2.05) is 65.3 Å². The van der Waals surface area contributed by atoms with Gasteiger partial charge in [0.05, 0.1) is 30.2 Å². The summed E-state index contributed by atoms with van der Waals surface area (Å²) in [4.78, 5) is 12.3. The minimum Gasteiger partial charge on any atom is -0.332 e. The molecule has 6 heteroatoms. The second-order valence-corrected chi connectivity index (χ2v) is 6.25. The van der Waals surface area contributed by atoms with Crippen LogP contribution in [0.4, 0.5) is 10.5 Å². The summed E-state index contributed by atoms with van der Waals surface area (Å²) in [6.45, 7) is 3.02. The number of aromatic nitrogens is 2. The van der Waals surface area contributed by atoms with Crippen LogP contribution in [0.5, 0.6) is 0 Å². The highest BCUT2D eigenvalue weighted by Gasteiger charge is 2.13. The van der Waals surface area contributed by atoms with Crippen LogP contribution >= 0.6 is 0 Å². The molecule has 0 fully saturated rings. The van der Waals surface area contributed by atoms with Gasteiger partial charge in [0.15, 0.2) is 0 Å². The van der Waals surface area contributed by atoms with Gasteiger partial charge in [0.25, 0.3) is 0 Å². The largest absolute Gasteiger partial charge is 0.332 e. The van der Waals surface area contributed by atoms with Crippen molar-refractivity contribution in [2.24, 2.45) is 0 Å². The van der Waals surface area contributed by atoms with Crippen molar-refractivity contribution in [2.45, 2.75) is 19.6 Å². The first kappa shape index (κ1) is 16.4. The van der Waals surface area contributed by atoms with Gasteiger partial charge in [0, 0.05) is 18.7 Å². The average molecular weight is 347 g/mol. The van der Waals surface area contributed by atoms with E-state index in [4.69, 9.17) is 0 Å². The Morgan fingerprint density at radius 3 is 2.77 bits per heavy atom. The lowest BCUT2D eigenvalue weighted by Gasteiger charge is -2.13. The van der Waals surface area contributed by atoms with Crippen molar-refractivity contribution in [3.63, 3.8) is 0 Å². The van der Waals surface area contributed by atoms with Crippen molar-refractivity contribution >= 4 is 11.7 Å². The molecule has 0 spiro atoms. The number of amides is 2. The third-order valence-electron chi connectivity index (χ3n) is 4.41. The predicted octanol–water partition coefficient (Wildman–Crippen LogP) is 2.98. The predicted molar refractivity (Wildman–Crippen MR) is 102 cm³/mol. The molecule has 0 unspecified atom stereocenters. The Labute approximate surface area is 152 Å². The number of carbonyl (C=O) groups is 1. The van der Waals surface area contributed by atoms with E-state index in [-0.39, 0.29) is 6.03 Å². The summed E-state index contributed by atoms with van der Waals surface area (Å²) in [7, 11) is 0. The second kappa shape index (κ2) is 7.41. The van der Waals surface area contributed by atoms with E-state index in [0.717, 1.165) is 47.8 Å². The first-order valence-electron chi connectivity index (χ1n) is 8.75. The van der Waals surface area contributed by atoms with Crippen molar-refractivity contribution in [2.75, 3.05) is 11.9 Å².